The van der Waals surface area contributed by atoms with E-state index in [0.717, 1.165) is 43.0 Å². The maximum atomic E-state index is 12.9. The minimum absolute atomic E-state index is 0.0128. The summed E-state index contributed by atoms with van der Waals surface area (Å²) in [4.78, 5) is 19.4. The Hall–Kier alpha value is -2.88. The first-order valence-electron chi connectivity index (χ1n) is 17.8. The molecular formula is C41H62N2O2. The smallest absolute Gasteiger partial charge is 0.224 e. The minimum Gasteiger partial charge on any atom is -0.493 e. The molecule has 4 nitrogen and oxygen atoms in total. The predicted molar refractivity (Wildman–Crippen MR) is 194 cm³/mol. The van der Waals surface area contributed by atoms with Gasteiger partial charge in [0, 0.05) is 30.8 Å². The van der Waals surface area contributed by atoms with Crippen LogP contribution in [-0.4, -0.2) is 25.3 Å². The van der Waals surface area contributed by atoms with E-state index in [9.17, 15) is 4.79 Å². The number of benzene rings is 2. The maximum absolute atomic E-state index is 12.9. The number of rotatable bonds is 19. The lowest BCUT2D eigenvalue weighted by atomic mass is 9.81. The number of hydrogen-bond donors (Lipinski definition) is 0. The number of ether oxygens (including phenoxy) is 1. The van der Waals surface area contributed by atoms with Gasteiger partial charge in [0.1, 0.15) is 5.75 Å². The van der Waals surface area contributed by atoms with Gasteiger partial charge in [-0.3, -0.25) is 9.79 Å². The second-order valence-electron chi connectivity index (χ2n) is 14.8. The fourth-order valence-corrected chi connectivity index (χ4v) is 6.53. The number of allylic oxidation sites excluding steroid dienone is 1. The second-order valence-corrected chi connectivity index (χ2v) is 14.8. The normalized spacial score (nSPS) is 16.5. The fraction of sp³-hybridized carbons (Fsp3) is 0.610. The van der Waals surface area contributed by atoms with E-state index in [1.54, 1.807) is 6.92 Å². The molecule has 0 aliphatic carbocycles. The molecule has 0 spiro atoms. The molecule has 1 unspecified atom stereocenters. The minimum atomic E-state index is -0.0227. The molecule has 0 N–H and O–H groups in total. The van der Waals surface area contributed by atoms with Crippen molar-refractivity contribution in [3.63, 3.8) is 0 Å². The predicted octanol–water partition coefficient (Wildman–Crippen LogP) is 11.2. The van der Waals surface area contributed by atoms with E-state index in [2.05, 4.69) is 89.0 Å². The number of aliphatic imine (C=N–C) groups is 1. The quantitative estimate of drug-likeness (QED) is 0.148. The number of unbranched alkanes of at least 4 members (excludes halogenated alkanes) is 11. The van der Waals surface area contributed by atoms with Crippen LogP contribution >= 0.6 is 0 Å². The Morgan fingerprint density at radius 3 is 2.13 bits per heavy atom. The molecule has 0 bridgehead atoms. The van der Waals surface area contributed by atoms with E-state index >= 15 is 0 Å². The molecule has 1 aliphatic rings. The first kappa shape index (κ1) is 36.6. The van der Waals surface area contributed by atoms with Gasteiger partial charge < -0.3 is 9.64 Å². The van der Waals surface area contributed by atoms with Crippen molar-refractivity contribution in [2.24, 2.45) is 10.4 Å². The molecule has 0 aromatic heterocycles. The summed E-state index contributed by atoms with van der Waals surface area (Å²) in [5.41, 5.74) is 5.63. The average Bonchev–Trinajstić information content (AvgIpc) is 2.97. The number of carbonyl (C=O) groups is 1. The van der Waals surface area contributed by atoms with Crippen LogP contribution in [0.25, 0.3) is 0 Å². The highest BCUT2D eigenvalue weighted by molar-refractivity contribution is 5.91. The van der Waals surface area contributed by atoms with Gasteiger partial charge in [-0.05, 0) is 65.6 Å². The molecule has 0 radical (unpaired) electrons. The SMILES string of the molecule is CCCCCCCCCCCCCCOc1cc(CN(C(C)=O)c2cccc(CC3(C)C=C(C)C=NC3)c2)ccc1C(C)(C)C. The Morgan fingerprint density at radius 1 is 0.889 bits per heavy atom. The van der Waals surface area contributed by atoms with Crippen LogP contribution in [0.15, 0.2) is 59.1 Å². The van der Waals surface area contributed by atoms with Crippen LogP contribution in [0.5, 0.6) is 5.75 Å². The Labute approximate surface area is 275 Å². The lowest BCUT2D eigenvalue weighted by molar-refractivity contribution is -0.116. The Balaban J connectivity index is 1.57. The van der Waals surface area contributed by atoms with E-state index in [-0.39, 0.29) is 16.7 Å². The van der Waals surface area contributed by atoms with Gasteiger partial charge >= 0.3 is 0 Å². The molecule has 0 fully saturated rings. The molecule has 4 heteroatoms. The van der Waals surface area contributed by atoms with Crippen molar-refractivity contribution >= 4 is 17.8 Å². The van der Waals surface area contributed by atoms with Gasteiger partial charge in [-0.2, -0.15) is 0 Å². The third-order valence-electron chi connectivity index (χ3n) is 8.98. The van der Waals surface area contributed by atoms with Gasteiger partial charge in [0.2, 0.25) is 5.91 Å². The van der Waals surface area contributed by atoms with Crippen LogP contribution in [-0.2, 0) is 23.2 Å². The molecule has 248 valence electrons. The zero-order chi connectivity index (χ0) is 32.7. The van der Waals surface area contributed by atoms with Crippen LogP contribution in [0.2, 0.25) is 0 Å². The molecule has 3 rings (SSSR count). The average molecular weight is 615 g/mol. The van der Waals surface area contributed by atoms with Crippen molar-refractivity contribution in [1.82, 2.24) is 0 Å². The molecule has 1 atom stereocenters. The zero-order valence-corrected chi connectivity index (χ0v) is 29.7. The highest BCUT2D eigenvalue weighted by atomic mass is 16.5. The summed E-state index contributed by atoms with van der Waals surface area (Å²) in [5.74, 6) is 0.989. The number of amides is 1. The molecule has 1 heterocycles. The highest BCUT2D eigenvalue weighted by Gasteiger charge is 2.25. The molecule has 45 heavy (non-hydrogen) atoms. The number of anilines is 1. The van der Waals surface area contributed by atoms with E-state index in [0.29, 0.717) is 6.54 Å². The van der Waals surface area contributed by atoms with Gasteiger partial charge in [-0.1, -0.05) is 136 Å². The highest BCUT2D eigenvalue weighted by Crippen LogP contribution is 2.34. The molecule has 1 amide bonds. The molecule has 2 aromatic carbocycles. The van der Waals surface area contributed by atoms with E-state index in [1.165, 1.54) is 87.3 Å². The standard InChI is InChI=1S/C41H62N2O2/c1-8-9-10-11-12-13-14-15-16-17-18-19-25-45-39-27-36(23-24-38(39)40(4,5)6)31-43(34(3)44)37-22-20-21-35(26-37)29-41(7)28-33(2)30-42-32-41/h20-24,26-28,30H,8-19,25,29,31-32H2,1-7H3. The van der Waals surface area contributed by atoms with Crippen molar-refractivity contribution in [3.8, 4) is 5.75 Å². The first-order chi connectivity index (χ1) is 21.5. The number of hydrogen-bond acceptors (Lipinski definition) is 3. The maximum Gasteiger partial charge on any atom is 0.224 e. The van der Waals surface area contributed by atoms with E-state index in [4.69, 9.17) is 4.74 Å². The largest absolute Gasteiger partial charge is 0.493 e. The summed E-state index contributed by atoms with van der Waals surface area (Å²) in [6.45, 7) is 17.1. The number of carbonyl (C=O) groups excluding carboxylic acids is 1. The van der Waals surface area contributed by atoms with Crippen LogP contribution in [0.1, 0.15) is 142 Å². The van der Waals surface area contributed by atoms with Crippen molar-refractivity contribution in [2.45, 2.75) is 144 Å². The van der Waals surface area contributed by atoms with Crippen molar-refractivity contribution in [1.29, 1.82) is 0 Å². The van der Waals surface area contributed by atoms with Gasteiger partial charge in [0.15, 0.2) is 0 Å². The number of dihydropyridines is 1. The van der Waals surface area contributed by atoms with Crippen molar-refractivity contribution in [3.05, 3.63) is 70.8 Å². The van der Waals surface area contributed by atoms with Gasteiger partial charge in [0.05, 0.1) is 13.2 Å². The van der Waals surface area contributed by atoms with Crippen LogP contribution in [0, 0.1) is 5.41 Å². The lowest BCUT2D eigenvalue weighted by Crippen LogP contribution is -2.28. The molecule has 0 saturated carbocycles. The Morgan fingerprint density at radius 2 is 1.53 bits per heavy atom. The third kappa shape index (κ3) is 12.8. The first-order valence-corrected chi connectivity index (χ1v) is 17.8. The Bertz CT molecular complexity index is 1250. The molecular weight excluding hydrogens is 552 g/mol. The molecule has 2 aromatic rings. The summed E-state index contributed by atoms with van der Waals surface area (Å²) >= 11 is 0. The van der Waals surface area contributed by atoms with E-state index < -0.39 is 0 Å². The monoisotopic (exact) mass is 614 g/mol. The van der Waals surface area contributed by atoms with Crippen LogP contribution in [0.3, 0.4) is 0 Å². The van der Waals surface area contributed by atoms with Gasteiger partial charge in [0.25, 0.3) is 0 Å². The zero-order valence-electron chi connectivity index (χ0n) is 29.7. The van der Waals surface area contributed by atoms with Crippen molar-refractivity contribution in [2.75, 3.05) is 18.1 Å². The molecule has 1 aliphatic heterocycles. The van der Waals surface area contributed by atoms with Crippen molar-refractivity contribution < 1.29 is 9.53 Å². The van der Waals surface area contributed by atoms with E-state index in [1.807, 2.05) is 17.2 Å². The molecule has 0 saturated heterocycles. The Kier molecular flexibility index (Phi) is 14.9. The summed E-state index contributed by atoms with van der Waals surface area (Å²) < 4.78 is 6.45. The van der Waals surface area contributed by atoms with Crippen LogP contribution in [0.4, 0.5) is 5.69 Å². The van der Waals surface area contributed by atoms with Gasteiger partial charge in [-0.25, -0.2) is 0 Å². The summed E-state index contributed by atoms with van der Waals surface area (Å²) in [7, 11) is 0. The second kappa shape index (κ2) is 18.3. The van der Waals surface area contributed by atoms with Gasteiger partial charge in [-0.15, -0.1) is 0 Å². The summed E-state index contributed by atoms with van der Waals surface area (Å²) in [6, 6.07) is 15.0. The van der Waals surface area contributed by atoms with Crippen LogP contribution < -0.4 is 9.64 Å². The fourth-order valence-electron chi connectivity index (χ4n) is 6.53. The lowest BCUT2D eigenvalue weighted by Gasteiger charge is -2.28. The third-order valence-corrected chi connectivity index (χ3v) is 8.98. The summed E-state index contributed by atoms with van der Waals surface area (Å²) in [5, 5.41) is 0. The topological polar surface area (TPSA) is 41.9 Å². The summed E-state index contributed by atoms with van der Waals surface area (Å²) in [6.07, 6.45) is 21.2. The number of nitrogens with zero attached hydrogens (tertiary/aromatic N) is 2.